The number of amides is 1. The van der Waals surface area contributed by atoms with E-state index >= 15 is 0 Å². The number of nitrogens with two attached hydrogens (primary N) is 1. The van der Waals surface area contributed by atoms with Gasteiger partial charge in [0.05, 0.1) is 24.0 Å². The fourth-order valence-corrected chi connectivity index (χ4v) is 6.07. The zero-order chi connectivity index (χ0) is 27.3. The summed E-state index contributed by atoms with van der Waals surface area (Å²) in [6, 6.07) is 18.5. The van der Waals surface area contributed by atoms with Crippen LogP contribution in [0.25, 0.3) is 22.3 Å². The molecule has 2 aliphatic heterocycles. The molecular weight excluding hydrogens is 502 g/mol. The highest BCUT2D eigenvalue weighted by atomic mass is 16.5. The van der Waals surface area contributed by atoms with Crippen molar-refractivity contribution < 1.29 is 9.53 Å². The van der Waals surface area contributed by atoms with Crippen LogP contribution < -0.4 is 20.9 Å². The summed E-state index contributed by atoms with van der Waals surface area (Å²) in [4.78, 5) is 30.5. The van der Waals surface area contributed by atoms with Crippen LogP contribution in [0.15, 0.2) is 60.9 Å². The minimum Gasteiger partial charge on any atom is -0.378 e. The van der Waals surface area contributed by atoms with Crippen LogP contribution in [-0.4, -0.2) is 65.8 Å². The summed E-state index contributed by atoms with van der Waals surface area (Å²) in [7, 11) is 0. The molecule has 2 saturated heterocycles. The highest BCUT2D eigenvalue weighted by Crippen LogP contribution is 2.50. The molecule has 4 N–H and O–H groups in total. The Labute approximate surface area is 233 Å². The molecule has 9 nitrogen and oxygen atoms in total. The smallest absolute Gasteiger partial charge is 0.235 e. The van der Waals surface area contributed by atoms with Gasteiger partial charge < -0.3 is 30.6 Å². The van der Waals surface area contributed by atoms with E-state index in [-0.39, 0.29) is 11.4 Å². The number of hydrogen-bond acceptors (Lipinski definition) is 7. The number of nitrogens with one attached hydrogen (secondary N) is 2. The molecule has 1 atom stereocenters. The average Bonchev–Trinajstić information content (AvgIpc) is 3.55. The Kier molecular flexibility index (Phi) is 6.01. The van der Waals surface area contributed by atoms with E-state index in [9.17, 15) is 4.79 Å². The van der Waals surface area contributed by atoms with E-state index in [0.717, 1.165) is 90.5 Å². The van der Waals surface area contributed by atoms with Crippen molar-refractivity contribution in [2.45, 2.75) is 37.1 Å². The Balaban J connectivity index is 1.07. The fourth-order valence-electron chi connectivity index (χ4n) is 6.07. The largest absolute Gasteiger partial charge is 0.378 e. The molecule has 0 radical (unpaired) electrons. The zero-order valence-corrected chi connectivity index (χ0v) is 22.8. The second-order valence-electron chi connectivity index (χ2n) is 11.7. The average molecular weight is 538 g/mol. The Morgan fingerprint density at radius 1 is 1.00 bits per heavy atom. The van der Waals surface area contributed by atoms with Gasteiger partial charge in [0.25, 0.3) is 0 Å². The van der Waals surface area contributed by atoms with Gasteiger partial charge in [0.2, 0.25) is 5.91 Å². The number of fused-ring (bicyclic) bond motifs is 1. The van der Waals surface area contributed by atoms with E-state index in [1.807, 2.05) is 24.3 Å². The molecule has 1 saturated carbocycles. The summed E-state index contributed by atoms with van der Waals surface area (Å²) in [5, 5.41) is 4.18. The third-order valence-electron chi connectivity index (χ3n) is 8.62. The number of nitrogens with zero attached hydrogens (tertiary/aromatic N) is 4. The summed E-state index contributed by atoms with van der Waals surface area (Å²) in [6.45, 7) is 6.92. The normalized spacial score (nSPS) is 22.1. The first-order chi connectivity index (χ1) is 19.4. The number of carbonyl (C=O) groups excluding carboxylic acids is 1. The first-order valence-electron chi connectivity index (χ1n) is 14.1. The number of morpholine rings is 1. The van der Waals surface area contributed by atoms with E-state index in [0.29, 0.717) is 13.2 Å². The van der Waals surface area contributed by atoms with Gasteiger partial charge in [-0.2, -0.15) is 0 Å². The molecule has 0 bridgehead atoms. The first-order valence-corrected chi connectivity index (χ1v) is 14.1. The van der Waals surface area contributed by atoms with Crippen LogP contribution in [0.1, 0.15) is 31.7 Å². The molecule has 1 aliphatic carbocycles. The number of H-pyrrole nitrogens is 1. The van der Waals surface area contributed by atoms with Crippen molar-refractivity contribution in [3.8, 4) is 11.3 Å². The zero-order valence-electron chi connectivity index (χ0n) is 22.8. The molecule has 7 rings (SSSR count). The monoisotopic (exact) mass is 537 g/mol. The maximum atomic E-state index is 13.5. The third kappa shape index (κ3) is 4.59. The molecule has 40 heavy (non-hydrogen) atoms. The molecule has 3 fully saturated rings. The van der Waals surface area contributed by atoms with Crippen LogP contribution in [0, 0.1) is 0 Å². The Morgan fingerprint density at radius 3 is 2.52 bits per heavy atom. The Morgan fingerprint density at radius 2 is 1.80 bits per heavy atom. The first kappa shape index (κ1) is 25.0. The molecular formula is C31H35N7O2. The standard InChI is InChI=1S/C31H35N7O2/c1-30(32)11-12-38(19-30)24-4-2-3-22(17-24)31(9-10-31)29(39)35-23-7-5-21(6-8-23)26-18-25-27(36-26)33-20-34-28(25)37-13-15-40-16-14-37/h2-8,17-18,20H,9-16,19,32H2,1H3,(H,35,39)(H,33,34,36)/t30-/m1/s1. The molecule has 0 spiro atoms. The highest BCUT2D eigenvalue weighted by molar-refractivity contribution is 6.01. The van der Waals surface area contributed by atoms with E-state index in [1.165, 1.54) is 0 Å². The van der Waals surface area contributed by atoms with Crippen molar-refractivity contribution in [3.63, 3.8) is 0 Å². The van der Waals surface area contributed by atoms with Crippen LogP contribution in [0.2, 0.25) is 0 Å². The maximum absolute atomic E-state index is 13.5. The number of rotatable bonds is 6. The molecule has 2 aromatic heterocycles. The number of carbonyl (C=O) groups is 1. The quantitative estimate of drug-likeness (QED) is 0.340. The van der Waals surface area contributed by atoms with Gasteiger partial charge in [-0.05, 0) is 67.6 Å². The van der Waals surface area contributed by atoms with Gasteiger partial charge in [-0.3, -0.25) is 4.79 Å². The number of aromatic nitrogens is 3. The Hall–Kier alpha value is -3.95. The molecule has 206 valence electrons. The second kappa shape index (κ2) is 9.60. The lowest BCUT2D eigenvalue weighted by atomic mass is 9.94. The second-order valence-corrected chi connectivity index (χ2v) is 11.7. The van der Waals surface area contributed by atoms with Gasteiger partial charge in [-0.25, -0.2) is 9.97 Å². The van der Waals surface area contributed by atoms with Gasteiger partial charge in [-0.1, -0.05) is 24.3 Å². The van der Waals surface area contributed by atoms with Crippen molar-refractivity contribution >= 4 is 34.1 Å². The molecule has 4 heterocycles. The molecule has 3 aliphatic rings. The lowest BCUT2D eigenvalue weighted by Crippen LogP contribution is -2.39. The summed E-state index contributed by atoms with van der Waals surface area (Å²) in [5.41, 5.74) is 11.6. The molecule has 0 unspecified atom stereocenters. The van der Waals surface area contributed by atoms with Crippen LogP contribution in [0.3, 0.4) is 0 Å². The van der Waals surface area contributed by atoms with Crippen LogP contribution in [-0.2, 0) is 14.9 Å². The lowest BCUT2D eigenvalue weighted by Gasteiger charge is -2.27. The van der Waals surface area contributed by atoms with Gasteiger partial charge in [0.15, 0.2) is 0 Å². The third-order valence-corrected chi connectivity index (χ3v) is 8.62. The van der Waals surface area contributed by atoms with Crippen molar-refractivity contribution in [1.82, 2.24) is 15.0 Å². The number of benzene rings is 2. The highest BCUT2D eigenvalue weighted by Gasteiger charge is 2.51. The number of ether oxygens (including phenoxy) is 1. The fraction of sp³-hybridized carbons (Fsp3) is 0.387. The molecule has 4 aromatic rings. The van der Waals surface area contributed by atoms with Crippen molar-refractivity contribution in [2.24, 2.45) is 5.73 Å². The van der Waals surface area contributed by atoms with E-state index < -0.39 is 5.41 Å². The minimum absolute atomic E-state index is 0.0542. The summed E-state index contributed by atoms with van der Waals surface area (Å²) >= 11 is 0. The van der Waals surface area contributed by atoms with Gasteiger partial charge in [0, 0.05) is 48.8 Å². The van der Waals surface area contributed by atoms with Crippen LogP contribution in [0.4, 0.5) is 17.2 Å². The maximum Gasteiger partial charge on any atom is 0.235 e. The van der Waals surface area contributed by atoms with Crippen molar-refractivity contribution in [1.29, 1.82) is 0 Å². The van der Waals surface area contributed by atoms with E-state index in [4.69, 9.17) is 10.5 Å². The predicted molar refractivity (Wildman–Crippen MR) is 158 cm³/mol. The molecule has 2 aromatic carbocycles. The molecule has 9 heteroatoms. The van der Waals surface area contributed by atoms with Crippen molar-refractivity contribution in [3.05, 3.63) is 66.5 Å². The van der Waals surface area contributed by atoms with Crippen LogP contribution in [0.5, 0.6) is 0 Å². The molecule has 1 amide bonds. The van der Waals surface area contributed by atoms with E-state index in [2.05, 4.69) is 67.3 Å². The number of anilines is 3. The minimum atomic E-state index is -0.466. The van der Waals surface area contributed by atoms with E-state index in [1.54, 1.807) is 6.33 Å². The summed E-state index contributed by atoms with van der Waals surface area (Å²) in [6.07, 6.45) is 4.29. The van der Waals surface area contributed by atoms with Crippen molar-refractivity contribution in [2.75, 3.05) is 54.5 Å². The SMILES string of the molecule is C[C@@]1(N)CCN(c2cccc(C3(C(=O)Nc4ccc(-c5cc6c(N7CCOCC7)ncnc6[nH]5)cc4)CC3)c2)C1. The van der Waals surface area contributed by atoms with Crippen LogP contribution >= 0.6 is 0 Å². The van der Waals surface area contributed by atoms with Gasteiger partial charge >= 0.3 is 0 Å². The number of aromatic amines is 1. The summed E-state index contributed by atoms with van der Waals surface area (Å²) in [5.74, 6) is 0.985. The summed E-state index contributed by atoms with van der Waals surface area (Å²) < 4.78 is 5.50. The number of hydrogen-bond donors (Lipinski definition) is 3. The Bertz CT molecular complexity index is 1550. The van der Waals surface area contributed by atoms with Gasteiger partial charge in [0.1, 0.15) is 17.8 Å². The lowest BCUT2D eigenvalue weighted by molar-refractivity contribution is -0.118. The van der Waals surface area contributed by atoms with Gasteiger partial charge in [-0.15, -0.1) is 0 Å². The predicted octanol–water partition coefficient (Wildman–Crippen LogP) is 4.06. The topological polar surface area (TPSA) is 112 Å².